The van der Waals surface area contributed by atoms with Crippen LogP contribution in [0.3, 0.4) is 0 Å². The van der Waals surface area contributed by atoms with Gasteiger partial charge < -0.3 is 19.6 Å². The van der Waals surface area contributed by atoms with Crippen molar-refractivity contribution in [3.05, 3.63) is 103 Å². The molecule has 0 spiro atoms. The zero-order valence-electron chi connectivity index (χ0n) is 35.4. The van der Waals surface area contributed by atoms with Crippen LogP contribution in [0.1, 0.15) is 157 Å². The van der Waals surface area contributed by atoms with Crippen LogP contribution < -0.4 is 9.80 Å². The molecule has 1 N–H and O–H groups in total. The zero-order valence-corrected chi connectivity index (χ0v) is 37.1. The van der Waals surface area contributed by atoms with Crippen LogP contribution in [0.15, 0.2) is 72.8 Å². The lowest BCUT2D eigenvalue weighted by Crippen LogP contribution is -2.32. The number of thiophene rings is 2. The Morgan fingerprint density at radius 3 is 1.44 bits per heavy atom. The van der Waals surface area contributed by atoms with Crippen LogP contribution >= 0.6 is 22.7 Å². The Morgan fingerprint density at radius 2 is 1.03 bits per heavy atom. The first-order valence-corrected chi connectivity index (χ1v) is 23.6. The molecule has 0 radical (unpaired) electrons. The van der Waals surface area contributed by atoms with Crippen LogP contribution in [0.4, 0.5) is 11.4 Å². The predicted octanol–water partition coefficient (Wildman–Crippen LogP) is 12.3. The van der Waals surface area contributed by atoms with Gasteiger partial charge in [-0.05, 0) is 137 Å². The number of unbranched alkanes of at least 4 members (excludes halogenated alkanes) is 6. The van der Waals surface area contributed by atoms with E-state index in [1.165, 1.54) is 97.2 Å². The number of aromatic carboxylic acids is 1. The van der Waals surface area contributed by atoms with E-state index in [1.54, 1.807) is 6.07 Å². The molecule has 2 aliphatic heterocycles. The van der Waals surface area contributed by atoms with Crippen molar-refractivity contribution in [2.75, 3.05) is 16.9 Å². The number of amides is 2. The molecule has 8 nitrogen and oxygen atoms in total. The molecule has 2 saturated heterocycles. The number of aryl methyl sites for hydroxylation is 4. The summed E-state index contributed by atoms with van der Waals surface area (Å²) in [6.07, 6.45) is 21.1. The number of rotatable bonds is 22. The normalized spacial score (nSPS) is 16.4. The molecular formula is C49H64N2O6S2. The summed E-state index contributed by atoms with van der Waals surface area (Å²) in [6, 6.07) is 25.1. The van der Waals surface area contributed by atoms with Gasteiger partial charge in [-0.1, -0.05) is 76.6 Å². The Hall–Kier alpha value is -4.28. The molecule has 2 aromatic heterocycles. The number of anilines is 2. The van der Waals surface area contributed by atoms with E-state index >= 15 is 0 Å². The Balaban J connectivity index is 0.000000224. The molecule has 0 aliphatic carbocycles. The third-order valence-corrected chi connectivity index (χ3v) is 13.8. The molecule has 2 aromatic carbocycles. The Labute approximate surface area is 360 Å². The lowest BCUT2D eigenvalue weighted by molar-refractivity contribution is -0.118. The minimum atomic E-state index is -0.859. The molecule has 10 heteroatoms. The molecule has 6 rings (SSSR count). The highest BCUT2D eigenvalue weighted by Crippen LogP contribution is 2.32. The van der Waals surface area contributed by atoms with E-state index in [1.807, 2.05) is 28.0 Å². The Morgan fingerprint density at radius 1 is 0.593 bits per heavy atom. The number of methoxy groups -OCH3 is 1. The maximum atomic E-state index is 12.5. The average molecular weight is 841 g/mol. The molecular weight excluding hydrogens is 777 g/mol. The number of esters is 1. The van der Waals surface area contributed by atoms with Crippen molar-refractivity contribution < 1.29 is 29.0 Å². The molecule has 4 heterocycles. The minimum absolute atomic E-state index is 0.218. The van der Waals surface area contributed by atoms with Gasteiger partial charge in [-0.3, -0.25) is 9.59 Å². The fourth-order valence-electron chi connectivity index (χ4n) is 8.27. The topological polar surface area (TPSA) is 104 Å². The molecule has 0 unspecified atom stereocenters. The standard InChI is InChI=1S/C25H33NO3S.C24H31NO3S/c1-3-4-5-6-8-19-11-13-21(14-12-19)26-20(15-18-24(26)27)9-7-10-22-16-17-23(30-22)25(28)29-2;1-2-3-4-5-7-18-10-12-20(13-11-18)25-19(14-17-23(25)26)8-6-9-21-15-16-22(29-21)24(27)28/h11-14,16-17,20H,3-10,15,18H2,1-2H3;10-13,15-16,19H,2-9,14,17H2,1H3,(H,27,28)/t20-;19-/m00/s1. The van der Waals surface area contributed by atoms with Crippen molar-refractivity contribution in [1.82, 2.24) is 0 Å². The molecule has 2 atom stereocenters. The zero-order chi connectivity index (χ0) is 42.0. The minimum Gasteiger partial charge on any atom is -0.477 e. The number of hydrogen-bond donors (Lipinski definition) is 1. The Bertz CT molecular complexity index is 1920. The summed E-state index contributed by atoms with van der Waals surface area (Å²) in [5.41, 5.74) is 4.75. The molecule has 318 valence electrons. The van der Waals surface area contributed by atoms with Gasteiger partial charge in [-0.15, -0.1) is 22.7 Å². The molecule has 59 heavy (non-hydrogen) atoms. The molecule has 4 aromatic rings. The summed E-state index contributed by atoms with van der Waals surface area (Å²) in [7, 11) is 1.41. The van der Waals surface area contributed by atoms with E-state index in [4.69, 9.17) is 9.84 Å². The largest absolute Gasteiger partial charge is 0.477 e. The smallest absolute Gasteiger partial charge is 0.348 e. The maximum absolute atomic E-state index is 12.5. The van der Waals surface area contributed by atoms with Crippen molar-refractivity contribution in [3.8, 4) is 0 Å². The quantitative estimate of drug-likeness (QED) is 0.0624. The van der Waals surface area contributed by atoms with Crippen molar-refractivity contribution in [2.24, 2.45) is 0 Å². The van der Waals surface area contributed by atoms with Crippen molar-refractivity contribution >= 4 is 57.8 Å². The van der Waals surface area contributed by atoms with Gasteiger partial charge >= 0.3 is 11.9 Å². The average Bonchev–Trinajstić information content (AvgIpc) is 4.07. The number of carboxylic acids is 1. The van der Waals surface area contributed by atoms with Crippen LogP contribution in [0.25, 0.3) is 0 Å². The van der Waals surface area contributed by atoms with E-state index in [0.29, 0.717) is 22.6 Å². The van der Waals surface area contributed by atoms with E-state index in [0.717, 1.165) is 80.5 Å². The van der Waals surface area contributed by atoms with E-state index in [9.17, 15) is 19.2 Å². The second-order valence-corrected chi connectivity index (χ2v) is 18.3. The first-order valence-electron chi connectivity index (χ1n) is 22.0. The second-order valence-electron chi connectivity index (χ2n) is 16.0. The SMILES string of the molecule is CCCCCCc1ccc(N2C(=O)CC[C@@H]2CCCc2ccc(C(=O)O)s2)cc1.CCCCCCc1ccc(N2C(=O)CC[C@@H]2CCCc2ccc(C(=O)OC)s2)cc1. The lowest BCUT2D eigenvalue weighted by atomic mass is 10.0. The van der Waals surface area contributed by atoms with Gasteiger partial charge in [-0.2, -0.15) is 0 Å². The van der Waals surface area contributed by atoms with E-state index in [-0.39, 0.29) is 29.9 Å². The van der Waals surface area contributed by atoms with Gasteiger partial charge in [0.15, 0.2) is 0 Å². The first kappa shape index (κ1) is 45.8. The summed E-state index contributed by atoms with van der Waals surface area (Å²) in [5, 5.41) is 9.04. The van der Waals surface area contributed by atoms with Crippen LogP contribution in [-0.4, -0.2) is 48.1 Å². The number of nitrogens with zero attached hydrogens (tertiary/aromatic N) is 2. The fraction of sp³-hybridized carbons (Fsp3) is 0.510. The third-order valence-electron chi connectivity index (χ3n) is 11.6. The van der Waals surface area contributed by atoms with E-state index < -0.39 is 5.97 Å². The second kappa shape index (κ2) is 24.1. The highest BCUT2D eigenvalue weighted by molar-refractivity contribution is 7.14. The highest BCUT2D eigenvalue weighted by atomic mass is 32.1. The number of carbonyl (C=O) groups excluding carboxylic acids is 3. The molecule has 2 aliphatic rings. The van der Waals surface area contributed by atoms with Gasteiger partial charge in [0.05, 0.1) is 7.11 Å². The van der Waals surface area contributed by atoms with Crippen LogP contribution in [0, 0.1) is 0 Å². The van der Waals surface area contributed by atoms with Gasteiger partial charge in [0.2, 0.25) is 11.8 Å². The summed E-state index contributed by atoms with van der Waals surface area (Å²) < 4.78 is 4.78. The summed E-state index contributed by atoms with van der Waals surface area (Å²) >= 11 is 2.85. The maximum Gasteiger partial charge on any atom is 0.348 e. The highest BCUT2D eigenvalue weighted by Gasteiger charge is 2.33. The summed E-state index contributed by atoms with van der Waals surface area (Å²) in [5.74, 6) is -0.676. The van der Waals surface area contributed by atoms with Gasteiger partial charge in [0, 0.05) is 46.1 Å². The predicted molar refractivity (Wildman–Crippen MR) is 242 cm³/mol. The summed E-state index contributed by atoms with van der Waals surface area (Å²) in [4.78, 5) is 55.0. The molecule has 0 saturated carbocycles. The van der Waals surface area contributed by atoms with Crippen molar-refractivity contribution in [1.29, 1.82) is 0 Å². The van der Waals surface area contributed by atoms with Crippen LogP contribution in [0.2, 0.25) is 0 Å². The third kappa shape index (κ3) is 13.9. The molecule has 0 bridgehead atoms. The lowest BCUT2D eigenvalue weighted by Gasteiger charge is -2.25. The Kier molecular flexibility index (Phi) is 18.7. The van der Waals surface area contributed by atoms with Crippen LogP contribution in [-0.2, 0) is 40.0 Å². The number of benzene rings is 2. The monoisotopic (exact) mass is 840 g/mol. The number of ether oxygens (including phenoxy) is 1. The van der Waals surface area contributed by atoms with Crippen LogP contribution in [0.5, 0.6) is 0 Å². The number of hydrogen-bond acceptors (Lipinski definition) is 7. The summed E-state index contributed by atoms with van der Waals surface area (Å²) in [6.45, 7) is 4.46. The fourth-order valence-corrected chi connectivity index (χ4v) is 10.1. The molecule has 2 amide bonds. The number of carbonyl (C=O) groups is 4. The number of carboxylic acid groups (broad SMARTS) is 1. The molecule has 2 fully saturated rings. The van der Waals surface area contributed by atoms with Gasteiger partial charge in [-0.25, -0.2) is 9.59 Å². The van der Waals surface area contributed by atoms with Gasteiger partial charge in [0.1, 0.15) is 9.75 Å². The van der Waals surface area contributed by atoms with Crippen molar-refractivity contribution in [3.63, 3.8) is 0 Å². The first-order chi connectivity index (χ1) is 28.7. The van der Waals surface area contributed by atoms with Crippen molar-refractivity contribution in [2.45, 2.75) is 154 Å². The van der Waals surface area contributed by atoms with Gasteiger partial charge in [0.25, 0.3) is 0 Å². The van der Waals surface area contributed by atoms with E-state index in [2.05, 4.69) is 62.4 Å².